The Labute approximate surface area is 178 Å². The number of carbonyl (C=O) groups excluding carboxylic acids is 2. The monoisotopic (exact) mass is 400 g/mol. The predicted molar refractivity (Wildman–Crippen MR) is 120 cm³/mol. The van der Waals surface area contributed by atoms with Crippen LogP contribution in [0.25, 0.3) is 0 Å². The number of amides is 2. The third-order valence-corrected chi connectivity index (χ3v) is 5.15. The lowest BCUT2D eigenvalue weighted by Gasteiger charge is -2.29. The van der Waals surface area contributed by atoms with E-state index in [1.807, 2.05) is 91.9 Å². The topological polar surface area (TPSA) is 49.4 Å². The van der Waals surface area contributed by atoms with E-state index in [0.717, 1.165) is 16.7 Å². The van der Waals surface area contributed by atoms with Crippen LogP contribution >= 0.6 is 0 Å². The Kier molecular flexibility index (Phi) is 7.39. The lowest BCUT2D eigenvalue weighted by Crippen LogP contribution is -2.47. The van der Waals surface area contributed by atoms with Gasteiger partial charge >= 0.3 is 0 Å². The number of nitrogens with one attached hydrogen (secondary N) is 1. The number of hydrogen-bond acceptors (Lipinski definition) is 2. The Morgan fingerprint density at radius 3 is 1.97 bits per heavy atom. The molecule has 0 fully saturated rings. The summed E-state index contributed by atoms with van der Waals surface area (Å²) in [5.41, 5.74) is 4.15. The van der Waals surface area contributed by atoms with Crippen molar-refractivity contribution in [3.8, 4) is 0 Å². The molecule has 1 atom stereocenters. The van der Waals surface area contributed by atoms with E-state index in [1.54, 1.807) is 11.8 Å². The van der Waals surface area contributed by atoms with Crippen molar-refractivity contribution in [2.75, 3.05) is 0 Å². The maximum absolute atomic E-state index is 13.1. The van der Waals surface area contributed by atoms with Crippen molar-refractivity contribution in [2.24, 2.45) is 0 Å². The van der Waals surface area contributed by atoms with Crippen LogP contribution in [-0.2, 0) is 29.1 Å². The molecule has 4 heteroatoms. The Morgan fingerprint density at radius 2 is 1.37 bits per heavy atom. The summed E-state index contributed by atoms with van der Waals surface area (Å²) in [5, 5.41) is 2.97. The van der Waals surface area contributed by atoms with Crippen LogP contribution in [0.4, 0.5) is 0 Å². The van der Waals surface area contributed by atoms with E-state index in [0.29, 0.717) is 13.1 Å². The lowest BCUT2D eigenvalue weighted by molar-refractivity contribution is -0.140. The van der Waals surface area contributed by atoms with Crippen LogP contribution in [0, 0.1) is 6.92 Å². The van der Waals surface area contributed by atoms with Crippen molar-refractivity contribution in [1.82, 2.24) is 10.2 Å². The molecule has 154 valence electrons. The fourth-order valence-corrected chi connectivity index (χ4v) is 3.28. The quantitative estimate of drug-likeness (QED) is 0.614. The highest BCUT2D eigenvalue weighted by Crippen LogP contribution is 2.13. The highest BCUT2D eigenvalue weighted by atomic mass is 16.2. The number of hydrogen-bond donors (Lipinski definition) is 1. The van der Waals surface area contributed by atoms with Gasteiger partial charge in [0, 0.05) is 13.1 Å². The summed E-state index contributed by atoms with van der Waals surface area (Å²) in [7, 11) is 0. The number of benzene rings is 3. The molecular weight excluding hydrogens is 372 g/mol. The van der Waals surface area contributed by atoms with Crippen LogP contribution in [0.5, 0.6) is 0 Å². The van der Waals surface area contributed by atoms with E-state index in [2.05, 4.69) is 5.32 Å². The van der Waals surface area contributed by atoms with Crippen molar-refractivity contribution in [3.05, 3.63) is 107 Å². The Morgan fingerprint density at radius 1 is 0.800 bits per heavy atom. The summed E-state index contributed by atoms with van der Waals surface area (Å²) in [6, 6.07) is 26.9. The van der Waals surface area contributed by atoms with Gasteiger partial charge in [-0.05, 0) is 30.5 Å². The van der Waals surface area contributed by atoms with E-state index in [1.165, 1.54) is 5.56 Å². The minimum Gasteiger partial charge on any atom is -0.350 e. The molecule has 0 spiro atoms. The second-order valence-electron chi connectivity index (χ2n) is 7.55. The number of aryl methyl sites for hydroxylation is 1. The van der Waals surface area contributed by atoms with Crippen LogP contribution in [0.2, 0.25) is 0 Å². The number of carbonyl (C=O) groups is 2. The highest BCUT2D eigenvalue weighted by Gasteiger charge is 2.26. The van der Waals surface area contributed by atoms with Crippen molar-refractivity contribution in [2.45, 2.75) is 39.4 Å². The molecule has 3 aromatic carbocycles. The maximum atomic E-state index is 13.1. The first-order valence-corrected chi connectivity index (χ1v) is 10.2. The molecule has 1 N–H and O–H groups in total. The van der Waals surface area contributed by atoms with E-state index < -0.39 is 6.04 Å². The van der Waals surface area contributed by atoms with Gasteiger partial charge in [0.25, 0.3) is 0 Å². The van der Waals surface area contributed by atoms with Crippen LogP contribution < -0.4 is 5.32 Å². The SMILES string of the molecule is Cc1ccc(CNC(=O)C(C)N(Cc2ccccc2)C(=O)Cc2ccccc2)cc1. The first kappa shape index (κ1) is 21.3. The van der Waals surface area contributed by atoms with Crippen LogP contribution in [0.15, 0.2) is 84.9 Å². The average Bonchev–Trinajstić information content (AvgIpc) is 2.77. The van der Waals surface area contributed by atoms with Gasteiger partial charge in [0.1, 0.15) is 6.04 Å². The molecule has 2 amide bonds. The van der Waals surface area contributed by atoms with Crippen LogP contribution in [0.3, 0.4) is 0 Å². The van der Waals surface area contributed by atoms with Gasteiger partial charge in [0.15, 0.2) is 0 Å². The van der Waals surface area contributed by atoms with Crippen LogP contribution in [0.1, 0.15) is 29.2 Å². The fourth-order valence-electron chi connectivity index (χ4n) is 3.28. The molecule has 0 aromatic heterocycles. The van der Waals surface area contributed by atoms with Crippen molar-refractivity contribution >= 4 is 11.8 Å². The van der Waals surface area contributed by atoms with E-state index in [4.69, 9.17) is 0 Å². The summed E-state index contributed by atoms with van der Waals surface area (Å²) < 4.78 is 0. The van der Waals surface area contributed by atoms with Gasteiger partial charge in [-0.3, -0.25) is 9.59 Å². The van der Waals surface area contributed by atoms with Crippen LogP contribution in [-0.4, -0.2) is 22.8 Å². The van der Waals surface area contributed by atoms with Gasteiger partial charge < -0.3 is 10.2 Å². The Bertz CT molecular complexity index is 953. The smallest absolute Gasteiger partial charge is 0.242 e. The molecule has 0 saturated carbocycles. The standard InChI is InChI=1S/C26H28N2O2/c1-20-13-15-23(16-14-20)18-27-26(30)21(2)28(19-24-11-7-4-8-12-24)25(29)17-22-9-5-3-6-10-22/h3-16,21H,17-19H2,1-2H3,(H,27,30). The van der Waals surface area contributed by atoms with E-state index >= 15 is 0 Å². The molecule has 0 radical (unpaired) electrons. The number of nitrogens with zero attached hydrogens (tertiary/aromatic N) is 1. The third kappa shape index (κ3) is 6.05. The summed E-state index contributed by atoms with van der Waals surface area (Å²) in [5.74, 6) is -0.226. The van der Waals surface area contributed by atoms with E-state index in [9.17, 15) is 9.59 Å². The molecule has 30 heavy (non-hydrogen) atoms. The van der Waals surface area contributed by atoms with Gasteiger partial charge in [0.05, 0.1) is 6.42 Å². The Balaban J connectivity index is 1.71. The van der Waals surface area contributed by atoms with E-state index in [-0.39, 0.29) is 18.2 Å². The summed E-state index contributed by atoms with van der Waals surface area (Å²) >= 11 is 0. The molecule has 0 aliphatic rings. The largest absolute Gasteiger partial charge is 0.350 e. The lowest BCUT2D eigenvalue weighted by atomic mass is 10.1. The van der Waals surface area contributed by atoms with Crippen molar-refractivity contribution in [1.29, 1.82) is 0 Å². The van der Waals surface area contributed by atoms with Gasteiger partial charge in [-0.15, -0.1) is 0 Å². The minimum atomic E-state index is -0.577. The molecule has 0 saturated heterocycles. The fraction of sp³-hybridized carbons (Fsp3) is 0.231. The molecule has 3 aromatic rings. The first-order chi connectivity index (χ1) is 14.5. The van der Waals surface area contributed by atoms with Gasteiger partial charge in [-0.25, -0.2) is 0 Å². The third-order valence-electron chi connectivity index (χ3n) is 5.15. The maximum Gasteiger partial charge on any atom is 0.242 e. The van der Waals surface area contributed by atoms with Gasteiger partial charge in [-0.1, -0.05) is 90.5 Å². The zero-order chi connectivity index (χ0) is 21.3. The predicted octanol–water partition coefficient (Wildman–Crippen LogP) is 4.27. The molecule has 0 heterocycles. The number of rotatable bonds is 8. The summed E-state index contributed by atoms with van der Waals surface area (Å²) in [6.45, 7) is 4.65. The molecule has 0 aliphatic carbocycles. The molecule has 4 nitrogen and oxygen atoms in total. The second-order valence-corrected chi connectivity index (χ2v) is 7.55. The molecule has 0 bridgehead atoms. The van der Waals surface area contributed by atoms with Crippen molar-refractivity contribution < 1.29 is 9.59 Å². The molecule has 0 aliphatic heterocycles. The molecule has 1 unspecified atom stereocenters. The van der Waals surface area contributed by atoms with Gasteiger partial charge in [0.2, 0.25) is 11.8 Å². The zero-order valence-electron chi connectivity index (χ0n) is 17.5. The molecular formula is C26H28N2O2. The highest BCUT2D eigenvalue weighted by molar-refractivity contribution is 5.88. The normalized spacial score (nSPS) is 11.5. The summed E-state index contributed by atoms with van der Waals surface area (Å²) in [4.78, 5) is 27.6. The summed E-state index contributed by atoms with van der Waals surface area (Å²) in [6.07, 6.45) is 0.267. The second kappa shape index (κ2) is 10.4. The average molecular weight is 401 g/mol. The molecule has 3 rings (SSSR count). The van der Waals surface area contributed by atoms with Gasteiger partial charge in [-0.2, -0.15) is 0 Å². The first-order valence-electron chi connectivity index (χ1n) is 10.2. The van der Waals surface area contributed by atoms with Crippen molar-refractivity contribution in [3.63, 3.8) is 0 Å². The minimum absolute atomic E-state index is 0.0666. The Hall–Kier alpha value is -3.40. The zero-order valence-corrected chi connectivity index (χ0v) is 17.5.